The Morgan fingerprint density at radius 1 is 1.04 bits per heavy atom. The van der Waals surface area contributed by atoms with Gasteiger partial charge in [0.2, 0.25) is 5.91 Å². The van der Waals surface area contributed by atoms with Crippen molar-refractivity contribution in [2.45, 2.75) is 32.8 Å². The Kier molecular flexibility index (Phi) is 7.36. The van der Waals surface area contributed by atoms with Crippen molar-refractivity contribution < 1.29 is 19.4 Å². The van der Waals surface area contributed by atoms with E-state index in [9.17, 15) is 14.7 Å². The van der Waals surface area contributed by atoms with Crippen LogP contribution in [0, 0.1) is 13.8 Å². The van der Waals surface area contributed by atoms with Crippen LogP contribution >= 0.6 is 0 Å². The van der Waals surface area contributed by atoms with E-state index in [2.05, 4.69) is 5.32 Å². The summed E-state index contributed by atoms with van der Waals surface area (Å²) >= 11 is 0. The summed E-state index contributed by atoms with van der Waals surface area (Å²) in [5, 5.41) is 12.6. The van der Waals surface area contributed by atoms with Crippen LogP contribution in [0.4, 0.5) is 0 Å². The Morgan fingerprint density at radius 3 is 2.42 bits per heavy atom. The second-order valence-electron chi connectivity index (χ2n) is 6.32. The van der Waals surface area contributed by atoms with E-state index in [1.165, 1.54) is 0 Å². The Morgan fingerprint density at radius 2 is 1.73 bits per heavy atom. The SMILES string of the molecule is Cc1ccc(C(=O)CCC(=O)NCC(O)COc2ccccc2C)cc1. The lowest BCUT2D eigenvalue weighted by Gasteiger charge is -2.14. The van der Waals surface area contributed by atoms with E-state index in [4.69, 9.17) is 4.74 Å². The van der Waals surface area contributed by atoms with E-state index >= 15 is 0 Å². The van der Waals surface area contributed by atoms with Crippen LogP contribution in [0.25, 0.3) is 0 Å². The third kappa shape index (κ3) is 6.33. The van der Waals surface area contributed by atoms with Crippen LogP contribution < -0.4 is 10.1 Å². The molecule has 0 aliphatic rings. The van der Waals surface area contributed by atoms with E-state index in [0.29, 0.717) is 11.3 Å². The van der Waals surface area contributed by atoms with E-state index in [-0.39, 0.29) is 37.7 Å². The lowest BCUT2D eigenvalue weighted by atomic mass is 10.1. The van der Waals surface area contributed by atoms with Crippen molar-refractivity contribution in [1.29, 1.82) is 0 Å². The lowest BCUT2D eigenvalue weighted by molar-refractivity contribution is -0.121. The molecule has 0 heterocycles. The lowest BCUT2D eigenvalue weighted by Crippen LogP contribution is -2.35. The smallest absolute Gasteiger partial charge is 0.220 e. The Balaban J connectivity index is 1.67. The van der Waals surface area contributed by atoms with Gasteiger partial charge in [0.25, 0.3) is 0 Å². The number of nitrogens with one attached hydrogen (secondary N) is 1. The molecule has 0 radical (unpaired) electrons. The highest BCUT2D eigenvalue weighted by atomic mass is 16.5. The molecule has 2 N–H and O–H groups in total. The Hall–Kier alpha value is -2.66. The normalized spacial score (nSPS) is 11.7. The fourth-order valence-electron chi connectivity index (χ4n) is 2.39. The monoisotopic (exact) mass is 355 g/mol. The van der Waals surface area contributed by atoms with Gasteiger partial charge in [0, 0.05) is 24.9 Å². The maximum Gasteiger partial charge on any atom is 0.220 e. The zero-order valence-electron chi connectivity index (χ0n) is 15.2. The highest BCUT2D eigenvalue weighted by Gasteiger charge is 2.11. The molecular weight excluding hydrogens is 330 g/mol. The maximum atomic E-state index is 12.0. The van der Waals surface area contributed by atoms with Crippen LogP contribution in [-0.4, -0.2) is 36.1 Å². The van der Waals surface area contributed by atoms with Gasteiger partial charge < -0.3 is 15.2 Å². The molecule has 26 heavy (non-hydrogen) atoms. The number of aliphatic hydroxyl groups excluding tert-OH is 1. The maximum absolute atomic E-state index is 12.0. The van der Waals surface area contributed by atoms with Crippen LogP contribution in [0.3, 0.4) is 0 Å². The molecule has 2 rings (SSSR count). The van der Waals surface area contributed by atoms with Gasteiger partial charge >= 0.3 is 0 Å². The molecule has 2 aromatic carbocycles. The van der Waals surface area contributed by atoms with Crippen molar-refractivity contribution in [1.82, 2.24) is 5.32 Å². The highest BCUT2D eigenvalue weighted by Crippen LogP contribution is 2.16. The molecule has 138 valence electrons. The van der Waals surface area contributed by atoms with Crippen molar-refractivity contribution >= 4 is 11.7 Å². The molecule has 5 nitrogen and oxygen atoms in total. The van der Waals surface area contributed by atoms with Crippen molar-refractivity contribution in [3.63, 3.8) is 0 Å². The first-order valence-electron chi connectivity index (χ1n) is 8.69. The van der Waals surface area contributed by atoms with Crippen LogP contribution in [0.15, 0.2) is 48.5 Å². The number of aliphatic hydroxyl groups is 1. The minimum Gasteiger partial charge on any atom is -0.491 e. The molecule has 0 aliphatic heterocycles. The van der Waals surface area contributed by atoms with Gasteiger partial charge in [-0.2, -0.15) is 0 Å². The number of carbonyl (C=O) groups excluding carboxylic acids is 2. The second-order valence-corrected chi connectivity index (χ2v) is 6.32. The van der Waals surface area contributed by atoms with E-state index in [1.54, 1.807) is 12.1 Å². The third-order valence-electron chi connectivity index (χ3n) is 4.01. The van der Waals surface area contributed by atoms with E-state index in [1.807, 2.05) is 50.2 Å². The minimum atomic E-state index is -0.814. The molecule has 1 atom stereocenters. The number of ketones is 1. The summed E-state index contributed by atoms with van der Waals surface area (Å²) in [5.41, 5.74) is 2.68. The number of hydrogen-bond acceptors (Lipinski definition) is 4. The molecule has 0 spiro atoms. The first kappa shape index (κ1) is 19.7. The summed E-state index contributed by atoms with van der Waals surface area (Å²) in [6, 6.07) is 14.8. The molecule has 2 aromatic rings. The van der Waals surface area contributed by atoms with Crippen LogP contribution in [0.2, 0.25) is 0 Å². The molecule has 5 heteroatoms. The fourth-order valence-corrected chi connectivity index (χ4v) is 2.39. The van der Waals surface area contributed by atoms with Crippen LogP contribution in [0.5, 0.6) is 5.75 Å². The molecule has 0 fully saturated rings. The van der Waals surface area contributed by atoms with Gasteiger partial charge in [-0.3, -0.25) is 9.59 Å². The molecular formula is C21H25NO4. The van der Waals surface area contributed by atoms with E-state index < -0.39 is 6.10 Å². The first-order valence-corrected chi connectivity index (χ1v) is 8.69. The summed E-state index contributed by atoms with van der Waals surface area (Å²) < 4.78 is 5.54. The fraction of sp³-hybridized carbons (Fsp3) is 0.333. The Labute approximate surface area is 154 Å². The number of benzene rings is 2. The summed E-state index contributed by atoms with van der Waals surface area (Å²) in [6.45, 7) is 4.06. The van der Waals surface area contributed by atoms with Crippen molar-refractivity contribution in [3.8, 4) is 5.75 Å². The third-order valence-corrected chi connectivity index (χ3v) is 4.01. The van der Waals surface area contributed by atoms with Gasteiger partial charge in [-0.15, -0.1) is 0 Å². The van der Waals surface area contributed by atoms with Crippen molar-refractivity contribution in [2.24, 2.45) is 0 Å². The zero-order chi connectivity index (χ0) is 18.9. The summed E-state index contributed by atoms with van der Waals surface area (Å²) in [5.74, 6) is 0.380. The summed E-state index contributed by atoms with van der Waals surface area (Å²) in [7, 11) is 0. The van der Waals surface area contributed by atoms with Gasteiger partial charge in [-0.05, 0) is 25.5 Å². The number of carbonyl (C=O) groups is 2. The van der Waals surface area contributed by atoms with Crippen LogP contribution in [-0.2, 0) is 4.79 Å². The number of ether oxygens (including phenoxy) is 1. The number of amides is 1. The predicted molar refractivity (Wildman–Crippen MR) is 100 cm³/mol. The summed E-state index contributed by atoms with van der Waals surface area (Å²) in [6.07, 6.45) is -0.575. The average molecular weight is 355 g/mol. The molecule has 0 saturated heterocycles. The zero-order valence-corrected chi connectivity index (χ0v) is 15.2. The second kappa shape index (κ2) is 9.73. The molecule has 0 aromatic heterocycles. The molecule has 0 aliphatic carbocycles. The number of aryl methyl sites for hydroxylation is 2. The number of hydrogen-bond donors (Lipinski definition) is 2. The standard InChI is InChI=1S/C21H25NO4/c1-15-7-9-17(10-8-15)19(24)11-12-21(25)22-13-18(23)14-26-20-6-4-3-5-16(20)2/h3-10,18,23H,11-14H2,1-2H3,(H,22,25). The van der Waals surface area contributed by atoms with Gasteiger partial charge in [-0.25, -0.2) is 0 Å². The first-order chi connectivity index (χ1) is 12.5. The predicted octanol–water partition coefficient (Wildman–Crippen LogP) is 2.82. The average Bonchev–Trinajstić information content (AvgIpc) is 2.64. The number of para-hydroxylation sites is 1. The van der Waals surface area contributed by atoms with Gasteiger partial charge in [0.1, 0.15) is 18.5 Å². The van der Waals surface area contributed by atoms with Gasteiger partial charge in [0.15, 0.2) is 5.78 Å². The van der Waals surface area contributed by atoms with Gasteiger partial charge in [0.05, 0.1) is 0 Å². The quantitative estimate of drug-likeness (QED) is 0.678. The minimum absolute atomic E-state index is 0.0661. The van der Waals surface area contributed by atoms with Crippen molar-refractivity contribution in [3.05, 3.63) is 65.2 Å². The number of Topliss-reactive ketones (excluding diaryl/α,β-unsaturated/α-hetero) is 1. The van der Waals surface area contributed by atoms with Crippen molar-refractivity contribution in [2.75, 3.05) is 13.2 Å². The van der Waals surface area contributed by atoms with Crippen LogP contribution in [0.1, 0.15) is 34.3 Å². The highest BCUT2D eigenvalue weighted by molar-refractivity contribution is 5.97. The molecule has 0 bridgehead atoms. The molecule has 1 unspecified atom stereocenters. The largest absolute Gasteiger partial charge is 0.491 e. The molecule has 0 saturated carbocycles. The topological polar surface area (TPSA) is 75.6 Å². The molecule has 1 amide bonds. The summed E-state index contributed by atoms with van der Waals surface area (Å²) in [4.78, 5) is 23.9. The Bertz CT molecular complexity index is 740. The van der Waals surface area contributed by atoms with E-state index in [0.717, 1.165) is 11.1 Å². The number of rotatable bonds is 9. The van der Waals surface area contributed by atoms with Gasteiger partial charge in [-0.1, -0.05) is 48.0 Å².